The van der Waals surface area contributed by atoms with Crippen LogP contribution in [0.2, 0.25) is 5.02 Å². The number of aromatic nitrogens is 2. The van der Waals surface area contributed by atoms with E-state index in [1.165, 1.54) is 4.57 Å². The Labute approximate surface area is 149 Å². The van der Waals surface area contributed by atoms with E-state index < -0.39 is 5.69 Å². The first-order chi connectivity index (χ1) is 12.0. The summed E-state index contributed by atoms with van der Waals surface area (Å²) in [7, 11) is 3.30. The van der Waals surface area contributed by atoms with Crippen LogP contribution < -0.4 is 16.3 Å². The maximum atomic E-state index is 12.6. The summed E-state index contributed by atoms with van der Waals surface area (Å²) >= 11 is 6.14. The molecule has 25 heavy (non-hydrogen) atoms. The highest BCUT2D eigenvalue weighted by Crippen LogP contribution is 2.25. The molecule has 0 saturated heterocycles. The van der Waals surface area contributed by atoms with Crippen molar-refractivity contribution in [3.63, 3.8) is 0 Å². The van der Waals surface area contributed by atoms with Crippen molar-refractivity contribution in [1.82, 2.24) is 14.9 Å². The molecule has 3 rings (SSSR count). The lowest BCUT2D eigenvalue weighted by Gasteiger charge is -2.13. The summed E-state index contributed by atoms with van der Waals surface area (Å²) < 4.78 is 1.50. The number of nitrogens with zero attached hydrogens (tertiary/aromatic N) is 2. The van der Waals surface area contributed by atoms with Gasteiger partial charge in [0.05, 0.1) is 17.6 Å². The van der Waals surface area contributed by atoms with Gasteiger partial charge in [-0.2, -0.15) is 4.98 Å². The molecule has 128 valence electrons. The molecule has 2 N–H and O–H groups in total. The van der Waals surface area contributed by atoms with Crippen LogP contribution in [0.5, 0.6) is 0 Å². The van der Waals surface area contributed by atoms with E-state index in [1.54, 1.807) is 38.4 Å². The fraction of sp³-hybridized carbons (Fsp3) is 0.167. The Morgan fingerprint density at radius 3 is 2.72 bits per heavy atom. The predicted octanol–water partition coefficient (Wildman–Crippen LogP) is 2.37. The lowest BCUT2D eigenvalue weighted by molar-refractivity contribution is -0.119. The average molecular weight is 357 g/mol. The van der Waals surface area contributed by atoms with E-state index in [-0.39, 0.29) is 12.3 Å². The summed E-state index contributed by atoms with van der Waals surface area (Å²) in [5, 5.41) is 6.83. The van der Waals surface area contributed by atoms with Crippen LogP contribution >= 0.6 is 11.6 Å². The zero-order chi connectivity index (χ0) is 18.0. The molecule has 6 nitrogen and oxygen atoms in total. The Hall–Kier alpha value is -2.86. The second-order valence-corrected chi connectivity index (χ2v) is 5.95. The molecule has 7 heteroatoms. The monoisotopic (exact) mass is 356 g/mol. The number of likely N-dealkylation sites (N-methyl/N-ethyl adjacent to an activating group) is 1. The average Bonchev–Trinajstić information content (AvgIpc) is 2.60. The molecular weight excluding hydrogens is 340 g/mol. The second-order valence-electron chi connectivity index (χ2n) is 5.51. The third kappa shape index (κ3) is 3.34. The van der Waals surface area contributed by atoms with Crippen LogP contribution in [-0.2, 0) is 11.2 Å². The van der Waals surface area contributed by atoms with Crippen LogP contribution in [-0.4, -0.2) is 29.6 Å². The summed E-state index contributed by atoms with van der Waals surface area (Å²) in [6.45, 7) is 0. The van der Waals surface area contributed by atoms with E-state index in [4.69, 9.17) is 11.6 Å². The van der Waals surface area contributed by atoms with E-state index in [1.807, 2.05) is 18.2 Å². The minimum absolute atomic E-state index is 0.0962. The summed E-state index contributed by atoms with van der Waals surface area (Å²) in [5.41, 5.74) is 1.66. The highest BCUT2D eigenvalue weighted by atomic mass is 35.5. The van der Waals surface area contributed by atoms with Gasteiger partial charge >= 0.3 is 5.69 Å². The highest BCUT2D eigenvalue weighted by Gasteiger charge is 2.12. The predicted molar refractivity (Wildman–Crippen MR) is 99.7 cm³/mol. The first kappa shape index (κ1) is 17.0. The van der Waals surface area contributed by atoms with Crippen molar-refractivity contribution in [1.29, 1.82) is 0 Å². The Morgan fingerprint density at radius 2 is 2.00 bits per heavy atom. The van der Waals surface area contributed by atoms with Gasteiger partial charge in [0.1, 0.15) is 5.82 Å². The van der Waals surface area contributed by atoms with Gasteiger partial charge in [-0.25, -0.2) is 4.79 Å². The maximum absolute atomic E-state index is 12.6. The van der Waals surface area contributed by atoms with Gasteiger partial charge in [0.15, 0.2) is 0 Å². The fourth-order valence-corrected chi connectivity index (χ4v) is 2.88. The smallest absolute Gasteiger partial charge is 0.354 e. The Morgan fingerprint density at radius 1 is 1.20 bits per heavy atom. The van der Waals surface area contributed by atoms with E-state index in [9.17, 15) is 9.59 Å². The lowest BCUT2D eigenvalue weighted by Crippen LogP contribution is -2.23. The lowest BCUT2D eigenvalue weighted by atomic mass is 10.1. The molecular formula is C18H17ClN4O2. The number of benzene rings is 2. The number of carbonyl (C=O) groups is 1. The molecule has 0 bridgehead atoms. The second kappa shape index (κ2) is 6.94. The third-order valence-corrected chi connectivity index (χ3v) is 4.14. The number of hydrogen-bond donors (Lipinski definition) is 2. The van der Waals surface area contributed by atoms with Gasteiger partial charge in [-0.05, 0) is 35.9 Å². The molecule has 1 heterocycles. The van der Waals surface area contributed by atoms with E-state index >= 15 is 0 Å². The largest absolute Gasteiger partial charge is 0.372 e. The van der Waals surface area contributed by atoms with Crippen molar-refractivity contribution in [3.05, 3.63) is 63.5 Å². The Bertz CT molecular complexity index is 1010. The zero-order valence-electron chi connectivity index (χ0n) is 13.8. The van der Waals surface area contributed by atoms with Crippen LogP contribution in [0.15, 0.2) is 47.3 Å². The quantitative estimate of drug-likeness (QED) is 0.752. The number of fused-ring (bicyclic) bond motifs is 1. The molecule has 0 unspecified atom stereocenters. The molecule has 1 amide bonds. The fourth-order valence-electron chi connectivity index (χ4n) is 2.72. The van der Waals surface area contributed by atoms with Gasteiger partial charge in [-0.1, -0.05) is 23.7 Å². The number of amides is 1. The molecule has 1 aromatic heterocycles. The number of halogens is 1. The number of nitrogens with one attached hydrogen (secondary N) is 2. The Balaban J connectivity index is 2.24. The molecule has 0 aliphatic rings. The van der Waals surface area contributed by atoms with Crippen molar-refractivity contribution >= 4 is 34.2 Å². The molecule has 0 aliphatic carbocycles. The number of carbonyl (C=O) groups excluding carboxylic acids is 1. The molecule has 2 aromatic carbocycles. The van der Waals surface area contributed by atoms with Gasteiger partial charge < -0.3 is 10.6 Å². The SMILES string of the molecule is CNC(=O)Cc1cccc(-n2c(=O)nc(NC)c3ccc(Cl)cc32)c1. The first-order valence-electron chi connectivity index (χ1n) is 7.73. The summed E-state index contributed by atoms with van der Waals surface area (Å²) in [4.78, 5) is 28.3. The summed E-state index contributed by atoms with van der Waals surface area (Å²) in [5.74, 6) is 0.399. The number of rotatable bonds is 4. The van der Waals surface area contributed by atoms with E-state index in [0.717, 1.165) is 10.9 Å². The Kier molecular flexibility index (Phi) is 4.72. The highest BCUT2D eigenvalue weighted by molar-refractivity contribution is 6.31. The van der Waals surface area contributed by atoms with Gasteiger partial charge in [0, 0.05) is 24.5 Å². The van der Waals surface area contributed by atoms with Gasteiger partial charge in [-0.15, -0.1) is 0 Å². The van der Waals surface area contributed by atoms with Gasteiger partial charge in [-0.3, -0.25) is 9.36 Å². The molecule has 0 aliphatic heterocycles. The third-order valence-electron chi connectivity index (χ3n) is 3.90. The standard InChI is InChI=1S/C18H17ClN4O2/c1-20-16(24)9-11-4-3-5-13(8-11)23-15-10-12(19)6-7-14(15)17(21-2)22-18(23)25/h3-8,10H,9H2,1-2H3,(H,20,24)(H,21,22,25). The maximum Gasteiger partial charge on any atom is 0.354 e. The molecule has 0 saturated carbocycles. The van der Waals surface area contributed by atoms with Crippen LogP contribution in [0.4, 0.5) is 5.82 Å². The van der Waals surface area contributed by atoms with Crippen molar-refractivity contribution < 1.29 is 4.79 Å². The molecule has 0 atom stereocenters. The van der Waals surface area contributed by atoms with Crippen molar-refractivity contribution in [2.75, 3.05) is 19.4 Å². The summed E-state index contributed by atoms with van der Waals surface area (Å²) in [6, 6.07) is 12.6. The van der Waals surface area contributed by atoms with Gasteiger partial charge in [0.2, 0.25) is 5.91 Å². The van der Waals surface area contributed by atoms with Crippen molar-refractivity contribution in [2.24, 2.45) is 0 Å². The van der Waals surface area contributed by atoms with Crippen LogP contribution in [0.25, 0.3) is 16.6 Å². The van der Waals surface area contributed by atoms with Crippen molar-refractivity contribution in [2.45, 2.75) is 6.42 Å². The van der Waals surface area contributed by atoms with Crippen LogP contribution in [0.1, 0.15) is 5.56 Å². The minimum atomic E-state index is -0.420. The minimum Gasteiger partial charge on any atom is -0.372 e. The van der Waals surface area contributed by atoms with E-state index in [2.05, 4.69) is 15.6 Å². The zero-order valence-corrected chi connectivity index (χ0v) is 14.6. The van der Waals surface area contributed by atoms with Gasteiger partial charge in [0.25, 0.3) is 0 Å². The van der Waals surface area contributed by atoms with Crippen molar-refractivity contribution in [3.8, 4) is 5.69 Å². The molecule has 0 radical (unpaired) electrons. The normalized spacial score (nSPS) is 10.7. The molecule has 0 spiro atoms. The molecule has 0 fully saturated rings. The van der Waals surface area contributed by atoms with E-state index in [0.29, 0.717) is 22.0 Å². The topological polar surface area (TPSA) is 76.0 Å². The molecule has 3 aromatic rings. The van der Waals surface area contributed by atoms with Crippen LogP contribution in [0.3, 0.4) is 0 Å². The van der Waals surface area contributed by atoms with Crippen LogP contribution in [0, 0.1) is 0 Å². The first-order valence-corrected chi connectivity index (χ1v) is 8.11. The number of anilines is 1. The number of hydrogen-bond acceptors (Lipinski definition) is 4. The summed E-state index contributed by atoms with van der Waals surface area (Å²) in [6.07, 6.45) is 0.236.